The number of nitrogens with two attached hydrogens (primary N) is 1. The molecule has 6 nitrogen and oxygen atoms in total. The lowest BCUT2D eigenvalue weighted by Gasteiger charge is -2.13. The zero-order valence-electron chi connectivity index (χ0n) is 9.89. The van der Waals surface area contributed by atoms with Crippen LogP contribution in [0.3, 0.4) is 0 Å². The van der Waals surface area contributed by atoms with E-state index in [2.05, 4.69) is 10.3 Å². The molecule has 0 radical (unpaired) electrons. The first-order valence-corrected chi connectivity index (χ1v) is 5.50. The third-order valence-corrected chi connectivity index (χ3v) is 2.42. The summed E-state index contributed by atoms with van der Waals surface area (Å²) in [5, 5.41) is 7.88. The highest BCUT2D eigenvalue weighted by Crippen LogP contribution is 1.98. The molecule has 0 unspecified atom stereocenters. The molecule has 1 aromatic heterocycles. The van der Waals surface area contributed by atoms with Crippen molar-refractivity contribution in [3.8, 4) is 0 Å². The van der Waals surface area contributed by atoms with Crippen LogP contribution in [0, 0.1) is 0 Å². The fraction of sp³-hybridized carbons (Fsp3) is 0.700. The van der Waals surface area contributed by atoms with E-state index in [4.69, 9.17) is 5.73 Å². The molecule has 0 saturated carbocycles. The van der Waals surface area contributed by atoms with Gasteiger partial charge in [0.2, 0.25) is 5.91 Å². The van der Waals surface area contributed by atoms with E-state index in [9.17, 15) is 4.79 Å². The van der Waals surface area contributed by atoms with Gasteiger partial charge in [0.15, 0.2) is 0 Å². The van der Waals surface area contributed by atoms with Gasteiger partial charge in [-0.05, 0) is 26.3 Å². The summed E-state index contributed by atoms with van der Waals surface area (Å²) in [5.41, 5.74) is 6.29. The van der Waals surface area contributed by atoms with E-state index >= 15 is 0 Å². The fourth-order valence-electron chi connectivity index (χ4n) is 1.25. The number of rotatable bonds is 6. The molecule has 0 spiro atoms. The van der Waals surface area contributed by atoms with Gasteiger partial charge in [0.05, 0.1) is 5.69 Å². The number of hydrogen-bond acceptors (Lipinski definition) is 4. The second-order valence-corrected chi connectivity index (χ2v) is 3.71. The van der Waals surface area contributed by atoms with Crippen LogP contribution in [-0.4, -0.2) is 45.9 Å². The largest absolute Gasteiger partial charge is 0.344 e. The van der Waals surface area contributed by atoms with Crippen molar-refractivity contribution in [2.45, 2.75) is 26.3 Å². The first-order valence-electron chi connectivity index (χ1n) is 5.50. The van der Waals surface area contributed by atoms with Gasteiger partial charge < -0.3 is 10.6 Å². The van der Waals surface area contributed by atoms with Crippen molar-refractivity contribution in [1.29, 1.82) is 0 Å². The van der Waals surface area contributed by atoms with Crippen LogP contribution in [0.5, 0.6) is 0 Å². The highest BCUT2D eigenvalue weighted by Gasteiger charge is 2.08. The molecule has 0 aliphatic rings. The van der Waals surface area contributed by atoms with Crippen LogP contribution in [0.25, 0.3) is 0 Å². The maximum Gasteiger partial charge on any atom is 0.244 e. The Labute approximate surface area is 95.4 Å². The summed E-state index contributed by atoms with van der Waals surface area (Å²) in [4.78, 5) is 13.2. The van der Waals surface area contributed by atoms with Crippen molar-refractivity contribution in [1.82, 2.24) is 19.9 Å². The van der Waals surface area contributed by atoms with Crippen molar-refractivity contribution in [3.05, 3.63) is 11.9 Å². The molecule has 0 atom stereocenters. The standard InChI is InChI=1S/C10H19N5O/c1-3-14(2)10(16)8-15-7-9(12-13-15)5-4-6-11/h7H,3-6,8,11H2,1-2H3. The van der Waals surface area contributed by atoms with Crippen molar-refractivity contribution in [3.63, 3.8) is 0 Å². The molecule has 0 aliphatic carbocycles. The minimum atomic E-state index is 0.0396. The molecule has 0 aromatic carbocycles. The van der Waals surface area contributed by atoms with Gasteiger partial charge in [-0.25, -0.2) is 4.68 Å². The summed E-state index contributed by atoms with van der Waals surface area (Å²) < 4.78 is 1.57. The molecule has 0 saturated heterocycles. The van der Waals surface area contributed by atoms with E-state index in [1.54, 1.807) is 22.8 Å². The Morgan fingerprint density at radius 3 is 3.00 bits per heavy atom. The maximum absolute atomic E-state index is 11.6. The Hall–Kier alpha value is -1.43. The number of carbonyl (C=O) groups excluding carboxylic acids is 1. The second kappa shape index (κ2) is 6.22. The second-order valence-electron chi connectivity index (χ2n) is 3.71. The highest BCUT2D eigenvalue weighted by molar-refractivity contribution is 5.75. The zero-order valence-corrected chi connectivity index (χ0v) is 9.89. The van der Waals surface area contributed by atoms with E-state index in [0.717, 1.165) is 18.5 Å². The monoisotopic (exact) mass is 225 g/mol. The number of amides is 1. The third-order valence-electron chi connectivity index (χ3n) is 2.42. The van der Waals surface area contributed by atoms with Gasteiger partial charge in [-0.15, -0.1) is 5.10 Å². The first-order chi connectivity index (χ1) is 7.67. The van der Waals surface area contributed by atoms with Gasteiger partial charge in [0.1, 0.15) is 6.54 Å². The molecule has 90 valence electrons. The quantitative estimate of drug-likeness (QED) is 0.717. The molecule has 6 heteroatoms. The van der Waals surface area contributed by atoms with Crippen LogP contribution >= 0.6 is 0 Å². The van der Waals surface area contributed by atoms with Gasteiger partial charge in [0.25, 0.3) is 0 Å². The number of carbonyl (C=O) groups is 1. The molecule has 0 bridgehead atoms. The van der Waals surface area contributed by atoms with Crippen LogP contribution in [0.15, 0.2) is 6.20 Å². The van der Waals surface area contributed by atoms with Crippen LogP contribution in [0.1, 0.15) is 19.0 Å². The molecule has 2 N–H and O–H groups in total. The van der Waals surface area contributed by atoms with Gasteiger partial charge in [0, 0.05) is 19.8 Å². The first kappa shape index (κ1) is 12.6. The minimum absolute atomic E-state index is 0.0396. The molecule has 1 heterocycles. The minimum Gasteiger partial charge on any atom is -0.344 e. The topological polar surface area (TPSA) is 77.0 Å². The van der Waals surface area contributed by atoms with Gasteiger partial charge in [-0.3, -0.25) is 4.79 Å². The van der Waals surface area contributed by atoms with Crippen LogP contribution in [-0.2, 0) is 17.8 Å². The lowest BCUT2D eigenvalue weighted by Crippen LogP contribution is -2.30. The zero-order chi connectivity index (χ0) is 12.0. The summed E-state index contributed by atoms with van der Waals surface area (Å²) >= 11 is 0. The van der Waals surface area contributed by atoms with Gasteiger partial charge in [-0.2, -0.15) is 0 Å². The Morgan fingerprint density at radius 1 is 1.62 bits per heavy atom. The Morgan fingerprint density at radius 2 is 2.38 bits per heavy atom. The van der Waals surface area contributed by atoms with Crippen LogP contribution < -0.4 is 5.73 Å². The lowest BCUT2D eigenvalue weighted by atomic mass is 10.2. The Bertz CT molecular complexity index is 336. The number of nitrogens with zero attached hydrogens (tertiary/aromatic N) is 4. The van der Waals surface area contributed by atoms with E-state index in [1.807, 2.05) is 6.92 Å². The van der Waals surface area contributed by atoms with E-state index < -0.39 is 0 Å². The number of hydrogen-bond donors (Lipinski definition) is 1. The highest BCUT2D eigenvalue weighted by atomic mass is 16.2. The summed E-state index contributed by atoms with van der Waals surface area (Å²) in [5.74, 6) is 0.0396. The SMILES string of the molecule is CCN(C)C(=O)Cn1cc(CCCN)nn1. The molecule has 1 amide bonds. The Balaban J connectivity index is 2.48. The van der Waals surface area contributed by atoms with Crippen molar-refractivity contribution >= 4 is 5.91 Å². The fourth-order valence-corrected chi connectivity index (χ4v) is 1.25. The predicted octanol–water partition coefficient (Wildman–Crippen LogP) is -0.352. The maximum atomic E-state index is 11.6. The van der Waals surface area contributed by atoms with Crippen LogP contribution in [0.2, 0.25) is 0 Å². The Kier molecular flexibility index (Phi) is 4.91. The van der Waals surface area contributed by atoms with Crippen molar-refractivity contribution in [2.75, 3.05) is 20.1 Å². The lowest BCUT2D eigenvalue weighted by molar-refractivity contribution is -0.130. The van der Waals surface area contributed by atoms with Gasteiger partial charge in [-0.1, -0.05) is 5.21 Å². The average molecular weight is 225 g/mol. The number of likely N-dealkylation sites (N-methyl/N-ethyl adjacent to an activating group) is 1. The normalized spacial score (nSPS) is 10.4. The predicted molar refractivity (Wildman–Crippen MR) is 60.7 cm³/mol. The molecular formula is C10H19N5O. The summed E-state index contributed by atoms with van der Waals surface area (Å²) in [7, 11) is 1.77. The van der Waals surface area contributed by atoms with Gasteiger partial charge >= 0.3 is 0 Å². The number of aryl methyl sites for hydroxylation is 1. The smallest absolute Gasteiger partial charge is 0.244 e. The van der Waals surface area contributed by atoms with Crippen molar-refractivity contribution in [2.24, 2.45) is 5.73 Å². The van der Waals surface area contributed by atoms with Crippen LogP contribution in [0.4, 0.5) is 0 Å². The molecule has 1 aromatic rings. The molecule has 1 rings (SSSR count). The number of aromatic nitrogens is 3. The third kappa shape index (κ3) is 3.62. The molecule has 0 aliphatic heterocycles. The molecule has 16 heavy (non-hydrogen) atoms. The average Bonchev–Trinajstić information content (AvgIpc) is 2.72. The summed E-state index contributed by atoms with van der Waals surface area (Å²) in [6.45, 7) is 3.53. The van der Waals surface area contributed by atoms with E-state index in [1.165, 1.54) is 0 Å². The van der Waals surface area contributed by atoms with Crippen molar-refractivity contribution < 1.29 is 4.79 Å². The summed E-state index contributed by atoms with van der Waals surface area (Å²) in [6, 6.07) is 0. The van der Waals surface area contributed by atoms with E-state index in [-0.39, 0.29) is 12.5 Å². The molecular weight excluding hydrogens is 206 g/mol. The molecule has 0 fully saturated rings. The van der Waals surface area contributed by atoms with E-state index in [0.29, 0.717) is 13.1 Å². The summed E-state index contributed by atoms with van der Waals surface area (Å²) in [6.07, 6.45) is 3.51.